The Kier molecular flexibility index (Phi) is 8.81. The number of amides is 2. The number of hydrogen-bond acceptors (Lipinski definition) is 8. The van der Waals surface area contributed by atoms with E-state index in [-0.39, 0.29) is 23.7 Å². The van der Waals surface area contributed by atoms with E-state index in [1.54, 1.807) is 27.0 Å². The van der Waals surface area contributed by atoms with Gasteiger partial charge in [-0.2, -0.15) is 0 Å². The Hall–Kier alpha value is -2.72. The summed E-state index contributed by atoms with van der Waals surface area (Å²) in [6.07, 6.45) is 2.19. The van der Waals surface area contributed by atoms with Gasteiger partial charge in [-0.25, -0.2) is 0 Å². The van der Waals surface area contributed by atoms with Crippen molar-refractivity contribution in [3.63, 3.8) is 0 Å². The number of anilines is 1. The smallest absolute Gasteiger partial charge is 0.238 e. The van der Waals surface area contributed by atoms with E-state index in [1.807, 2.05) is 18.2 Å². The molecule has 1 aliphatic heterocycles. The van der Waals surface area contributed by atoms with Crippen LogP contribution in [0.25, 0.3) is 0 Å². The molecule has 2 heterocycles. The van der Waals surface area contributed by atoms with Crippen molar-refractivity contribution in [3.8, 4) is 11.5 Å². The lowest BCUT2D eigenvalue weighted by Crippen LogP contribution is -2.28. The summed E-state index contributed by atoms with van der Waals surface area (Å²) in [4.78, 5) is 24.4. The number of benzene rings is 1. The average Bonchev–Trinajstić information content (AvgIpc) is 3.46. The van der Waals surface area contributed by atoms with Crippen molar-refractivity contribution in [2.24, 2.45) is 0 Å². The monoisotopic (exact) mass is 463 g/mol. The van der Waals surface area contributed by atoms with Gasteiger partial charge in [0.15, 0.2) is 17.3 Å². The molecule has 0 saturated carbocycles. The van der Waals surface area contributed by atoms with Crippen LogP contribution in [-0.2, 0) is 20.9 Å². The second kappa shape index (κ2) is 11.8. The van der Waals surface area contributed by atoms with Crippen molar-refractivity contribution in [1.29, 1.82) is 0 Å². The Morgan fingerprint density at radius 3 is 2.84 bits per heavy atom. The fourth-order valence-corrected chi connectivity index (χ4v) is 3.79. The summed E-state index contributed by atoms with van der Waals surface area (Å²) in [5, 5.41) is 8.83. The molecule has 0 radical (unpaired) electrons. The number of aryl methyl sites for hydroxylation is 1. The zero-order valence-electron chi connectivity index (χ0n) is 18.5. The number of rotatable bonds is 11. The van der Waals surface area contributed by atoms with E-state index < -0.39 is 5.25 Å². The SMILES string of the molecule is COc1cc(CNC(=O)CSC(C)C(=O)Nc2cc(C)on2)ccc1OCC1CCCO1. The van der Waals surface area contributed by atoms with Gasteiger partial charge in [0.05, 0.1) is 24.2 Å². The van der Waals surface area contributed by atoms with Crippen molar-refractivity contribution < 1.29 is 28.3 Å². The average molecular weight is 464 g/mol. The molecular formula is C22H29N3O6S. The highest BCUT2D eigenvalue weighted by atomic mass is 32.2. The fraction of sp³-hybridized carbons (Fsp3) is 0.500. The van der Waals surface area contributed by atoms with Gasteiger partial charge in [-0.15, -0.1) is 11.8 Å². The van der Waals surface area contributed by atoms with Crippen molar-refractivity contribution in [2.75, 3.05) is 31.4 Å². The highest BCUT2D eigenvalue weighted by Gasteiger charge is 2.18. The number of aromatic nitrogens is 1. The van der Waals surface area contributed by atoms with Gasteiger partial charge in [0, 0.05) is 19.2 Å². The van der Waals surface area contributed by atoms with Crippen LogP contribution in [0.1, 0.15) is 31.1 Å². The molecule has 2 N–H and O–H groups in total. The number of nitrogens with zero attached hydrogens (tertiary/aromatic N) is 1. The summed E-state index contributed by atoms with van der Waals surface area (Å²) in [6.45, 7) is 5.10. The van der Waals surface area contributed by atoms with E-state index in [9.17, 15) is 9.59 Å². The molecule has 2 amide bonds. The molecule has 0 aliphatic carbocycles. The van der Waals surface area contributed by atoms with Gasteiger partial charge in [0.1, 0.15) is 12.4 Å². The van der Waals surface area contributed by atoms with Crippen molar-refractivity contribution in [3.05, 3.63) is 35.6 Å². The number of hydrogen-bond donors (Lipinski definition) is 2. The Balaban J connectivity index is 1.40. The second-order valence-electron chi connectivity index (χ2n) is 7.47. The second-order valence-corrected chi connectivity index (χ2v) is 8.80. The molecule has 1 saturated heterocycles. The lowest BCUT2D eigenvalue weighted by Gasteiger charge is -2.15. The van der Waals surface area contributed by atoms with E-state index >= 15 is 0 Å². The zero-order chi connectivity index (χ0) is 22.9. The lowest BCUT2D eigenvalue weighted by molar-refractivity contribution is -0.118. The Bertz CT molecular complexity index is 913. The predicted molar refractivity (Wildman–Crippen MR) is 121 cm³/mol. The Morgan fingerprint density at radius 1 is 1.31 bits per heavy atom. The van der Waals surface area contributed by atoms with E-state index in [0.29, 0.717) is 36.2 Å². The molecule has 174 valence electrons. The minimum Gasteiger partial charge on any atom is -0.493 e. The maximum Gasteiger partial charge on any atom is 0.238 e. The number of nitrogens with one attached hydrogen (secondary N) is 2. The summed E-state index contributed by atoms with van der Waals surface area (Å²) in [5.74, 6) is 1.99. The van der Waals surface area contributed by atoms with Gasteiger partial charge in [0.25, 0.3) is 0 Å². The molecule has 1 aromatic heterocycles. The zero-order valence-corrected chi connectivity index (χ0v) is 19.3. The van der Waals surface area contributed by atoms with Crippen LogP contribution in [0.5, 0.6) is 11.5 Å². The fourth-order valence-electron chi connectivity index (χ4n) is 3.08. The van der Waals surface area contributed by atoms with Crippen LogP contribution < -0.4 is 20.1 Å². The maximum atomic E-state index is 12.2. The van der Waals surface area contributed by atoms with Crippen molar-refractivity contribution in [2.45, 2.75) is 44.6 Å². The number of carbonyl (C=O) groups is 2. The lowest BCUT2D eigenvalue weighted by atomic mass is 10.2. The van der Waals surface area contributed by atoms with Crippen LogP contribution >= 0.6 is 11.8 Å². The maximum absolute atomic E-state index is 12.2. The predicted octanol–water partition coefficient (Wildman–Crippen LogP) is 2.93. The van der Waals surface area contributed by atoms with E-state index in [1.165, 1.54) is 11.8 Å². The van der Waals surface area contributed by atoms with Crippen LogP contribution in [0.15, 0.2) is 28.8 Å². The van der Waals surface area contributed by atoms with Crippen LogP contribution in [0.3, 0.4) is 0 Å². The van der Waals surface area contributed by atoms with Crippen LogP contribution in [0.2, 0.25) is 0 Å². The van der Waals surface area contributed by atoms with Gasteiger partial charge < -0.3 is 29.4 Å². The quantitative estimate of drug-likeness (QED) is 0.523. The molecule has 0 spiro atoms. The standard InChI is InChI=1S/C22H29N3O6S/c1-14-9-20(25-31-14)24-22(27)15(2)32-13-21(26)23-11-16-6-7-18(19(10-16)28-3)30-12-17-5-4-8-29-17/h6-7,9-10,15,17H,4-5,8,11-13H2,1-3H3,(H,23,26)(H,24,25,27). The highest BCUT2D eigenvalue weighted by molar-refractivity contribution is 8.01. The van der Waals surface area contributed by atoms with Crippen LogP contribution in [-0.4, -0.2) is 54.4 Å². The van der Waals surface area contributed by atoms with Crippen LogP contribution in [0.4, 0.5) is 5.82 Å². The van der Waals surface area contributed by atoms with Crippen LogP contribution in [0, 0.1) is 6.92 Å². The van der Waals surface area contributed by atoms with Gasteiger partial charge in [-0.1, -0.05) is 11.2 Å². The largest absolute Gasteiger partial charge is 0.493 e. The summed E-state index contributed by atoms with van der Waals surface area (Å²) < 4.78 is 21.8. The Morgan fingerprint density at radius 2 is 2.16 bits per heavy atom. The molecule has 3 rings (SSSR count). The van der Waals surface area contributed by atoms with Gasteiger partial charge >= 0.3 is 0 Å². The molecule has 1 aromatic carbocycles. The third kappa shape index (κ3) is 7.16. The summed E-state index contributed by atoms with van der Waals surface area (Å²) >= 11 is 1.24. The first-order valence-corrected chi connectivity index (χ1v) is 11.5. The Labute approximate surface area is 191 Å². The molecule has 2 atom stereocenters. The van der Waals surface area contributed by atoms with Gasteiger partial charge in [-0.05, 0) is 44.4 Å². The molecule has 1 aliphatic rings. The van der Waals surface area contributed by atoms with Crippen molar-refractivity contribution >= 4 is 29.4 Å². The minimum atomic E-state index is -0.418. The van der Waals surface area contributed by atoms with Gasteiger partial charge in [0.2, 0.25) is 11.8 Å². The molecule has 2 aromatic rings. The first kappa shape index (κ1) is 23.9. The third-order valence-corrected chi connectivity index (χ3v) is 6.02. The molecule has 2 unspecified atom stereocenters. The normalized spacial score (nSPS) is 16.4. The molecule has 0 bridgehead atoms. The number of carbonyl (C=O) groups excluding carboxylic acids is 2. The van der Waals surface area contributed by atoms with E-state index in [0.717, 1.165) is 25.0 Å². The molecule has 32 heavy (non-hydrogen) atoms. The first-order valence-electron chi connectivity index (χ1n) is 10.5. The highest BCUT2D eigenvalue weighted by Crippen LogP contribution is 2.29. The number of ether oxygens (including phenoxy) is 3. The third-order valence-electron chi connectivity index (χ3n) is 4.88. The molecule has 1 fully saturated rings. The topological polar surface area (TPSA) is 112 Å². The first-order chi connectivity index (χ1) is 15.4. The summed E-state index contributed by atoms with van der Waals surface area (Å²) in [6, 6.07) is 7.20. The van der Waals surface area contributed by atoms with E-state index in [2.05, 4.69) is 15.8 Å². The van der Waals surface area contributed by atoms with Crippen molar-refractivity contribution in [1.82, 2.24) is 10.5 Å². The number of methoxy groups -OCH3 is 1. The molecular weight excluding hydrogens is 434 g/mol. The molecule has 9 nitrogen and oxygen atoms in total. The number of thioether (sulfide) groups is 1. The summed E-state index contributed by atoms with van der Waals surface area (Å²) in [7, 11) is 1.58. The van der Waals surface area contributed by atoms with E-state index in [4.69, 9.17) is 18.7 Å². The summed E-state index contributed by atoms with van der Waals surface area (Å²) in [5.41, 5.74) is 0.886. The molecule has 10 heteroatoms. The van der Waals surface area contributed by atoms with Gasteiger partial charge in [-0.3, -0.25) is 9.59 Å². The minimum absolute atomic E-state index is 0.126.